The second kappa shape index (κ2) is 15.3. The first-order chi connectivity index (χ1) is 25.6. The standard InChI is InChI=1S/C42H47N3O2.C2HF3O2/c1-28(2)30-15-18-34-32(25-30)17-20-38-41(3,22-10-23-42(34,38)4)27-45-37-19-16-31(29-11-6-5-7-12-29)26-36(37)44-40(45)33-13-8-9-14-35(33)43-24-21-39(46)47;3-2(4,5)1(6)7/h5-9,11-16,18-19,25-26,28,38,43H,10,17,20-24,27H2,1-4H3,(H,46,47);(H,6,7)/t38-,41+,42+;/m0./s1. The summed E-state index contributed by atoms with van der Waals surface area (Å²) in [6.07, 6.45) is 0.947. The van der Waals surface area contributed by atoms with Crippen molar-refractivity contribution in [1.82, 2.24) is 9.55 Å². The monoisotopic (exact) mass is 739 g/mol. The van der Waals surface area contributed by atoms with Crippen molar-refractivity contribution in [3.63, 3.8) is 0 Å². The number of rotatable bonds is 9. The summed E-state index contributed by atoms with van der Waals surface area (Å²) in [6.45, 7) is 10.9. The molecule has 1 aromatic heterocycles. The van der Waals surface area contributed by atoms with Gasteiger partial charge in [0.2, 0.25) is 0 Å². The van der Waals surface area contributed by atoms with Crippen LogP contribution in [0.2, 0.25) is 0 Å². The Hall–Kier alpha value is -5.12. The van der Waals surface area contributed by atoms with Crippen LogP contribution in [0.15, 0.2) is 91.0 Å². The zero-order valence-corrected chi connectivity index (χ0v) is 31.2. The topological polar surface area (TPSA) is 104 Å². The molecule has 3 atom stereocenters. The fourth-order valence-corrected chi connectivity index (χ4v) is 9.00. The third-order valence-corrected chi connectivity index (χ3v) is 11.6. The highest BCUT2D eigenvalue weighted by Crippen LogP contribution is 2.58. The van der Waals surface area contributed by atoms with Gasteiger partial charge < -0.3 is 20.1 Å². The van der Waals surface area contributed by atoms with E-state index in [0.29, 0.717) is 18.4 Å². The molecule has 7 nitrogen and oxygen atoms in total. The highest BCUT2D eigenvalue weighted by atomic mass is 19.4. The Bertz CT molecular complexity index is 2140. The van der Waals surface area contributed by atoms with E-state index in [-0.39, 0.29) is 17.3 Å². The number of hydrogen-bond donors (Lipinski definition) is 3. The molecule has 0 aliphatic heterocycles. The molecule has 0 radical (unpaired) electrons. The third-order valence-electron chi connectivity index (χ3n) is 11.6. The van der Waals surface area contributed by atoms with Crippen LogP contribution in [0.4, 0.5) is 18.9 Å². The van der Waals surface area contributed by atoms with Crippen LogP contribution >= 0.6 is 0 Å². The number of alkyl halides is 3. The number of nitrogens with zero attached hydrogens (tertiary/aromatic N) is 2. The first-order valence-electron chi connectivity index (χ1n) is 18.6. The first kappa shape index (κ1) is 38.6. The molecule has 0 spiro atoms. The van der Waals surface area contributed by atoms with Gasteiger partial charge in [-0.2, -0.15) is 13.2 Å². The molecule has 0 saturated heterocycles. The Kier molecular flexibility index (Phi) is 11.0. The fraction of sp³-hybridized carbons (Fsp3) is 0.386. The van der Waals surface area contributed by atoms with Crippen molar-refractivity contribution in [2.45, 2.75) is 90.3 Å². The molecule has 1 fully saturated rings. The predicted octanol–water partition coefficient (Wildman–Crippen LogP) is 10.7. The second-order valence-electron chi connectivity index (χ2n) is 15.6. The first-order valence-corrected chi connectivity index (χ1v) is 18.6. The number of para-hydroxylation sites is 1. The molecule has 2 aliphatic carbocycles. The minimum Gasteiger partial charge on any atom is -0.481 e. The van der Waals surface area contributed by atoms with Gasteiger partial charge in [0.1, 0.15) is 5.82 Å². The Morgan fingerprint density at radius 1 is 0.926 bits per heavy atom. The fourth-order valence-electron chi connectivity index (χ4n) is 9.00. The predicted molar refractivity (Wildman–Crippen MR) is 207 cm³/mol. The van der Waals surface area contributed by atoms with E-state index >= 15 is 0 Å². The zero-order valence-electron chi connectivity index (χ0n) is 31.2. The Balaban J connectivity index is 0.000000649. The van der Waals surface area contributed by atoms with Gasteiger partial charge in [0.15, 0.2) is 0 Å². The van der Waals surface area contributed by atoms with Gasteiger partial charge in [-0.1, -0.05) is 101 Å². The average Bonchev–Trinajstić information content (AvgIpc) is 3.48. The molecule has 10 heteroatoms. The van der Waals surface area contributed by atoms with E-state index in [1.165, 1.54) is 36.8 Å². The largest absolute Gasteiger partial charge is 0.490 e. The molecule has 1 heterocycles. The molecule has 0 unspecified atom stereocenters. The summed E-state index contributed by atoms with van der Waals surface area (Å²) in [5.41, 5.74) is 11.2. The van der Waals surface area contributed by atoms with Gasteiger partial charge in [-0.05, 0) is 100 Å². The number of carbonyl (C=O) groups is 2. The average molecular weight is 740 g/mol. The lowest BCUT2D eigenvalue weighted by Gasteiger charge is -2.56. The molecular formula is C44H48F3N3O4. The molecule has 7 rings (SSSR count). The van der Waals surface area contributed by atoms with Crippen molar-refractivity contribution in [3.8, 4) is 22.5 Å². The van der Waals surface area contributed by atoms with Crippen LogP contribution in [0.3, 0.4) is 0 Å². The SMILES string of the molecule is CC(C)c1ccc2c(c1)CC[C@H]1[C@@](C)(Cn3c(-c4ccccc4NCCC(=O)O)nc4cc(-c5ccccc5)ccc43)CCC[C@]21C.O=C(O)C(F)(F)F. The molecule has 0 bridgehead atoms. The lowest BCUT2D eigenvalue weighted by molar-refractivity contribution is -0.192. The minimum atomic E-state index is -5.08. The van der Waals surface area contributed by atoms with Gasteiger partial charge >= 0.3 is 18.1 Å². The molecule has 1 saturated carbocycles. The molecule has 4 aromatic carbocycles. The van der Waals surface area contributed by atoms with Crippen LogP contribution in [0.25, 0.3) is 33.5 Å². The Morgan fingerprint density at radius 3 is 2.31 bits per heavy atom. The van der Waals surface area contributed by atoms with Crippen molar-refractivity contribution in [2.24, 2.45) is 11.3 Å². The number of aromatic nitrogens is 2. The van der Waals surface area contributed by atoms with E-state index in [1.807, 2.05) is 12.1 Å². The van der Waals surface area contributed by atoms with E-state index < -0.39 is 18.1 Å². The van der Waals surface area contributed by atoms with Crippen LogP contribution in [0.5, 0.6) is 0 Å². The van der Waals surface area contributed by atoms with Crippen molar-refractivity contribution in [2.75, 3.05) is 11.9 Å². The number of halogens is 3. The number of fused-ring (bicyclic) bond motifs is 4. The molecule has 54 heavy (non-hydrogen) atoms. The van der Waals surface area contributed by atoms with Gasteiger partial charge in [-0.3, -0.25) is 4.79 Å². The molecule has 3 N–H and O–H groups in total. The van der Waals surface area contributed by atoms with Crippen LogP contribution in [0.1, 0.15) is 82.4 Å². The van der Waals surface area contributed by atoms with Crippen LogP contribution in [-0.4, -0.2) is 44.4 Å². The van der Waals surface area contributed by atoms with Gasteiger partial charge in [0, 0.05) is 24.3 Å². The number of carboxylic acids is 2. The highest BCUT2D eigenvalue weighted by Gasteiger charge is 2.52. The lowest BCUT2D eigenvalue weighted by atomic mass is 9.49. The summed E-state index contributed by atoms with van der Waals surface area (Å²) in [6, 6.07) is 32.8. The molecule has 5 aromatic rings. The Labute approximate surface area is 314 Å². The Morgan fingerprint density at radius 2 is 1.63 bits per heavy atom. The van der Waals surface area contributed by atoms with E-state index in [1.54, 1.807) is 11.1 Å². The maximum Gasteiger partial charge on any atom is 0.490 e. The number of benzene rings is 4. The highest BCUT2D eigenvalue weighted by molar-refractivity contribution is 5.87. The van der Waals surface area contributed by atoms with Crippen molar-refractivity contribution in [1.29, 1.82) is 0 Å². The van der Waals surface area contributed by atoms with Crippen molar-refractivity contribution < 1.29 is 33.0 Å². The molecule has 0 amide bonds. The number of hydrogen-bond acceptors (Lipinski definition) is 4. The maximum atomic E-state index is 11.3. The zero-order chi connectivity index (χ0) is 38.8. The summed E-state index contributed by atoms with van der Waals surface area (Å²) in [5.74, 6) is -1.53. The lowest BCUT2D eigenvalue weighted by Crippen LogP contribution is -2.50. The van der Waals surface area contributed by atoms with Crippen molar-refractivity contribution >= 4 is 28.7 Å². The normalized spacial score (nSPS) is 20.8. The summed E-state index contributed by atoms with van der Waals surface area (Å²) in [5, 5.41) is 19.8. The van der Waals surface area contributed by atoms with Crippen LogP contribution < -0.4 is 5.32 Å². The van der Waals surface area contributed by atoms with Gasteiger partial charge in [0.25, 0.3) is 0 Å². The number of nitrogens with one attached hydrogen (secondary N) is 1. The smallest absolute Gasteiger partial charge is 0.481 e. The number of anilines is 1. The van der Waals surface area contributed by atoms with Crippen LogP contribution in [0, 0.1) is 11.3 Å². The van der Waals surface area contributed by atoms with E-state index in [2.05, 4.69) is 116 Å². The molecular weight excluding hydrogens is 691 g/mol. The number of aliphatic carboxylic acids is 2. The molecule has 2 aliphatic rings. The summed E-state index contributed by atoms with van der Waals surface area (Å²) in [7, 11) is 0. The van der Waals surface area contributed by atoms with E-state index in [4.69, 9.17) is 14.9 Å². The summed E-state index contributed by atoms with van der Waals surface area (Å²) < 4.78 is 34.2. The molecule has 284 valence electrons. The minimum absolute atomic E-state index is 0.0592. The summed E-state index contributed by atoms with van der Waals surface area (Å²) in [4.78, 5) is 25.6. The number of imidazole rings is 1. The quantitative estimate of drug-likeness (QED) is 0.139. The second-order valence-corrected chi connectivity index (χ2v) is 15.6. The summed E-state index contributed by atoms with van der Waals surface area (Å²) >= 11 is 0. The van der Waals surface area contributed by atoms with Gasteiger partial charge in [-0.15, -0.1) is 0 Å². The van der Waals surface area contributed by atoms with Crippen LogP contribution in [-0.2, 0) is 28.0 Å². The van der Waals surface area contributed by atoms with Crippen molar-refractivity contribution in [3.05, 3.63) is 108 Å². The van der Waals surface area contributed by atoms with E-state index in [0.717, 1.165) is 46.6 Å². The third kappa shape index (κ3) is 7.88. The van der Waals surface area contributed by atoms with Gasteiger partial charge in [-0.25, -0.2) is 9.78 Å². The van der Waals surface area contributed by atoms with Gasteiger partial charge in [0.05, 0.1) is 17.5 Å². The van der Waals surface area contributed by atoms with E-state index in [9.17, 15) is 23.1 Å². The number of carboxylic acid groups (broad SMARTS) is 2. The maximum absolute atomic E-state index is 11.3. The number of aryl methyl sites for hydroxylation is 1.